The fraction of sp³-hybridized carbons (Fsp3) is 0.278. The van der Waals surface area contributed by atoms with Crippen LogP contribution in [0.15, 0.2) is 46.3 Å². The van der Waals surface area contributed by atoms with E-state index >= 15 is 0 Å². The zero-order valence-electron chi connectivity index (χ0n) is 13.3. The number of thiophene rings is 1. The Labute approximate surface area is 148 Å². The van der Waals surface area contributed by atoms with Gasteiger partial charge in [0.1, 0.15) is 5.69 Å². The second kappa shape index (κ2) is 6.13. The standard InChI is InChI=1S/C18H19BrN2OS/c1-18(2,3)16(13-9-6-10-23-13)21-17(22)15-14(19)11-7-4-5-8-12(11)20-15/h4-10,16,20H,1-3H3,(H,21,22). The highest BCUT2D eigenvalue weighted by Crippen LogP contribution is 2.36. The molecule has 0 spiro atoms. The molecule has 3 nitrogen and oxygen atoms in total. The summed E-state index contributed by atoms with van der Waals surface area (Å²) in [5, 5.41) is 6.24. The summed E-state index contributed by atoms with van der Waals surface area (Å²) in [5.74, 6) is -0.0959. The van der Waals surface area contributed by atoms with E-state index in [2.05, 4.69) is 53.1 Å². The highest BCUT2D eigenvalue weighted by Gasteiger charge is 2.30. The SMILES string of the molecule is CC(C)(C)C(NC(=O)c1[nH]c2ccccc2c1Br)c1cccs1. The van der Waals surface area contributed by atoms with E-state index in [1.54, 1.807) is 11.3 Å². The summed E-state index contributed by atoms with van der Waals surface area (Å²) in [4.78, 5) is 17.2. The lowest BCUT2D eigenvalue weighted by molar-refractivity contribution is 0.0898. The molecular formula is C18H19BrN2OS. The van der Waals surface area contributed by atoms with Gasteiger partial charge in [-0.3, -0.25) is 4.79 Å². The number of halogens is 1. The van der Waals surface area contributed by atoms with E-state index in [1.165, 1.54) is 0 Å². The van der Waals surface area contributed by atoms with Crippen molar-refractivity contribution in [2.24, 2.45) is 5.41 Å². The predicted molar refractivity (Wildman–Crippen MR) is 100.0 cm³/mol. The minimum absolute atomic E-state index is 0.0340. The monoisotopic (exact) mass is 390 g/mol. The first-order valence-corrected chi connectivity index (χ1v) is 9.15. The Balaban J connectivity index is 1.94. The molecule has 5 heteroatoms. The molecule has 0 aliphatic heterocycles. The molecule has 1 aromatic carbocycles. The highest BCUT2D eigenvalue weighted by atomic mass is 79.9. The number of fused-ring (bicyclic) bond motifs is 1. The average molecular weight is 391 g/mol. The Morgan fingerprint density at radius 1 is 1.22 bits per heavy atom. The number of aromatic amines is 1. The molecule has 0 saturated heterocycles. The zero-order valence-corrected chi connectivity index (χ0v) is 15.7. The third-order valence-corrected chi connectivity index (χ3v) is 5.60. The normalized spacial score (nSPS) is 13.2. The lowest BCUT2D eigenvalue weighted by Crippen LogP contribution is -2.36. The maximum Gasteiger partial charge on any atom is 0.269 e. The molecule has 23 heavy (non-hydrogen) atoms. The molecule has 120 valence electrons. The van der Waals surface area contributed by atoms with Crippen LogP contribution in [-0.4, -0.2) is 10.9 Å². The van der Waals surface area contributed by atoms with E-state index in [-0.39, 0.29) is 17.4 Å². The molecule has 0 saturated carbocycles. The number of hydrogen-bond acceptors (Lipinski definition) is 2. The van der Waals surface area contributed by atoms with Crippen molar-refractivity contribution in [3.8, 4) is 0 Å². The molecule has 2 N–H and O–H groups in total. The van der Waals surface area contributed by atoms with Crippen molar-refractivity contribution in [2.45, 2.75) is 26.8 Å². The lowest BCUT2D eigenvalue weighted by Gasteiger charge is -2.30. The summed E-state index contributed by atoms with van der Waals surface area (Å²) in [6, 6.07) is 11.9. The molecule has 0 radical (unpaired) electrons. The van der Waals surface area contributed by atoms with Gasteiger partial charge in [-0.15, -0.1) is 11.3 Å². The number of rotatable bonds is 3. The Morgan fingerprint density at radius 2 is 1.96 bits per heavy atom. The fourth-order valence-corrected chi connectivity index (χ4v) is 4.28. The van der Waals surface area contributed by atoms with Crippen LogP contribution in [0, 0.1) is 5.41 Å². The van der Waals surface area contributed by atoms with Crippen molar-refractivity contribution in [1.29, 1.82) is 0 Å². The summed E-state index contributed by atoms with van der Waals surface area (Å²) >= 11 is 5.22. The van der Waals surface area contributed by atoms with Crippen LogP contribution in [0.25, 0.3) is 10.9 Å². The zero-order chi connectivity index (χ0) is 16.6. The summed E-state index contributed by atoms with van der Waals surface area (Å²) in [7, 11) is 0. The third-order valence-electron chi connectivity index (χ3n) is 3.84. The van der Waals surface area contributed by atoms with Gasteiger partial charge < -0.3 is 10.3 Å². The minimum atomic E-state index is -0.0959. The fourth-order valence-electron chi connectivity index (χ4n) is 2.64. The van der Waals surface area contributed by atoms with Crippen LogP contribution >= 0.6 is 27.3 Å². The molecule has 3 rings (SSSR count). The van der Waals surface area contributed by atoms with Gasteiger partial charge >= 0.3 is 0 Å². The van der Waals surface area contributed by atoms with E-state index in [4.69, 9.17) is 0 Å². The van der Waals surface area contributed by atoms with E-state index in [0.717, 1.165) is 20.3 Å². The van der Waals surface area contributed by atoms with Crippen LogP contribution in [-0.2, 0) is 0 Å². The van der Waals surface area contributed by atoms with E-state index in [9.17, 15) is 4.79 Å². The topological polar surface area (TPSA) is 44.9 Å². The second-order valence-electron chi connectivity index (χ2n) is 6.65. The summed E-state index contributed by atoms with van der Waals surface area (Å²) in [5.41, 5.74) is 1.45. The Kier molecular flexibility index (Phi) is 4.34. The number of para-hydroxylation sites is 1. The van der Waals surface area contributed by atoms with Crippen LogP contribution in [0.3, 0.4) is 0 Å². The van der Waals surface area contributed by atoms with Gasteiger partial charge in [-0.05, 0) is 38.9 Å². The number of nitrogens with one attached hydrogen (secondary N) is 2. The van der Waals surface area contributed by atoms with Crippen molar-refractivity contribution < 1.29 is 4.79 Å². The summed E-state index contributed by atoms with van der Waals surface area (Å²) < 4.78 is 0.810. The molecule has 0 fully saturated rings. The van der Waals surface area contributed by atoms with Gasteiger partial charge in [0.2, 0.25) is 0 Å². The second-order valence-corrected chi connectivity index (χ2v) is 8.42. The molecule has 0 bridgehead atoms. The van der Waals surface area contributed by atoms with Gasteiger partial charge in [0, 0.05) is 15.8 Å². The molecule has 3 aromatic rings. The summed E-state index contributed by atoms with van der Waals surface area (Å²) in [6.45, 7) is 6.41. The minimum Gasteiger partial charge on any atom is -0.350 e. The number of carbonyl (C=O) groups is 1. The molecule has 0 aliphatic carbocycles. The molecule has 0 aliphatic rings. The molecule has 1 atom stereocenters. The van der Waals surface area contributed by atoms with E-state index < -0.39 is 0 Å². The quantitative estimate of drug-likeness (QED) is 0.608. The lowest BCUT2D eigenvalue weighted by atomic mass is 9.85. The molecule has 2 heterocycles. The van der Waals surface area contributed by atoms with E-state index in [1.807, 2.05) is 35.7 Å². The third kappa shape index (κ3) is 3.21. The van der Waals surface area contributed by atoms with Crippen molar-refractivity contribution in [3.63, 3.8) is 0 Å². The Bertz CT molecular complexity index is 830. The number of amides is 1. The average Bonchev–Trinajstić information content (AvgIpc) is 3.12. The maximum atomic E-state index is 12.8. The van der Waals surface area contributed by atoms with Crippen LogP contribution < -0.4 is 5.32 Å². The van der Waals surface area contributed by atoms with Crippen molar-refractivity contribution in [1.82, 2.24) is 10.3 Å². The number of H-pyrrole nitrogens is 1. The largest absolute Gasteiger partial charge is 0.350 e. The van der Waals surface area contributed by atoms with Crippen molar-refractivity contribution >= 4 is 44.1 Å². The van der Waals surface area contributed by atoms with E-state index in [0.29, 0.717) is 5.69 Å². The number of carbonyl (C=O) groups excluding carboxylic acids is 1. The van der Waals surface area contributed by atoms with Crippen LogP contribution in [0.5, 0.6) is 0 Å². The Morgan fingerprint density at radius 3 is 2.57 bits per heavy atom. The molecular weight excluding hydrogens is 372 g/mol. The van der Waals surface area contributed by atoms with Crippen LogP contribution in [0.2, 0.25) is 0 Å². The summed E-state index contributed by atoms with van der Waals surface area (Å²) in [6.07, 6.45) is 0. The smallest absolute Gasteiger partial charge is 0.269 e. The van der Waals surface area contributed by atoms with Crippen LogP contribution in [0.1, 0.15) is 42.2 Å². The maximum absolute atomic E-state index is 12.8. The first-order valence-electron chi connectivity index (χ1n) is 7.48. The van der Waals surface area contributed by atoms with Crippen molar-refractivity contribution in [2.75, 3.05) is 0 Å². The van der Waals surface area contributed by atoms with Gasteiger partial charge in [-0.2, -0.15) is 0 Å². The van der Waals surface area contributed by atoms with Gasteiger partial charge in [0.25, 0.3) is 5.91 Å². The number of hydrogen-bond donors (Lipinski definition) is 2. The van der Waals surface area contributed by atoms with Gasteiger partial charge in [0.05, 0.1) is 10.5 Å². The van der Waals surface area contributed by atoms with Gasteiger partial charge in [-0.25, -0.2) is 0 Å². The van der Waals surface area contributed by atoms with Crippen LogP contribution in [0.4, 0.5) is 0 Å². The molecule has 1 unspecified atom stereocenters. The van der Waals surface area contributed by atoms with Crippen molar-refractivity contribution in [3.05, 3.63) is 56.8 Å². The predicted octanol–water partition coefficient (Wildman–Crippen LogP) is 5.51. The van der Waals surface area contributed by atoms with Gasteiger partial charge in [0.15, 0.2) is 0 Å². The Hall–Kier alpha value is -1.59. The molecule has 2 aromatic heterocycles. The highest BCUT2D eigenvalue weighted by molar-refractivity contribution is 9.10. The van der Waals surface area contributed by atoms with Gasteiger partial charge in [-0.1, -0.05) is 45.0 Å². The number of benzene rings is 1. The molecule has 1 amide bonds. The first kappa shape index (κ1) is 16.3. The number of aromatic nitrogens is 1. The first-order chi connectivity index (χ1) is 10.9.